The number of hydrogen-bond acceptors (Lipinski definition) is 4. The van der Waals surface area contributed by atoms with E-state index in [1.165, 1.54) is 12.1 Å². The highest BCUT2D eigenvalue weighted by atomic mass is 35.6. The van der Waals surface area contributed by atoms with Crippen LogP contribution in [0, 0.1) is 6.92 Å². The second-order valence-electron chi connectivity index (χ2n) is 4.64. The Hall–Kier alpha value is -1.40. The molecule has 0 aromatic heterocycles. The summed E-state index contributed by atoms with van der Waals surface area (Å²) in [6.45, 7) is 1.79. The van der Waals surface area contributed by atoms with Crippen LogP contribution in [0.25, 0.3) is 0 Å². The average molecular weight is 405 g/mol. The Morgan fingerprint density at radius 1 is 1.00 bits per heavy atom. The van der Waals surface area contributed by atoms with Crippen LogP contribution in [0.2, 0.25) is 0 Å². The molecule has 126 valence electrons. The summed E-state index contributed by atoms with van der Waals surface area (Å²) in [4.78, 5) is 24.5. The molecule has 0 unspecified atom stereocenters. The molecule has 4 nitrogen and oxygen atoms in total. The first-order valence-electron chi connectivity index (χ1n) is 6.71. The van der Waals surface area contributed by atoms with Crippen molar-refractivity contribution in [3.05, 3.63) is 65.7 Å². The molecule has 2 aromatic carbocycles. The lowest BCUT2D eigenvalue weighted by Gasteiger charge is -2.24. The lowest BCUT2D eigenvalue weighted by atomic mass is 10.2. The highest BCUT2D eigenvalue weighted by Gasteiger charge is 2.32. The molecule has 24 heavy (non-hydrogen) atoms. The Kier molecular flexibility index (Phi) is 6.40. The highest BCUT2D eigenvalue weighted by Crippen LogP contribution is 2.43. The Labute approximate surface area is 158 Å². The first-order valence-corrected chi connectivity index (χ1v) is 8.61. The predicted octanol–water partition coefficient (Wildman–Crippen LogP) is 5.75. The van der Waals surface area contributed by atoms with Crippen molar-refractivity contribution in [2.24, 2.45) is 0 Å². The van der Waals surface area contributed by atoms with E-state index in [1.807, 2.05) is 0 Å². The van der Waals surface area contributed by atoms with Gasteiger partial charge in [0.25, 0.3) is 3.12 Å². The number of carbonyl (C=O) groups is 2. The van der Waals surface area contributed by atoms with Crippen molar-refractivity contribution in [1.82, 2.24) is 0 Å². The van der Waals surface area contributed by atoms with E-state index in [0.717, 1.165) is 9.87 Å². The Morgan fingerprint density at radius 2 is 1.58 bits per heavy atom. The number of anilines is 1. The van der Waals surface area contributed by atoms with Crippen molar-refractivity contribution in [2.75, 3.05) is 4.31 Å². The van der Waals surface area contributed by atoms with Crippen LogP contribution in [0.1, 0.15) is 15.9 Å². The maximum absolute atomic E-state index is 12.4. The molecule has 0 saturated heterocycles. The number of carbonyl (C=O) groups excluding carboxylic acids is 2. The maximum Gasteiger partial charge on any atom is 0.432 e. The van der Waals surface area contributed by atoms with E-state index in [4.69, 9.17) is 39.5 Å². The molecule has 0 fully saturated rings. The van der Waals surface area contributed by atoms with Gasteiger partial charge in [-0.15, -0.1) is 0 Å². The molecule has 0 bridgehead atoms. The first-order chi connectivity index (χ1) is 11.3. The van der Waals surface area contributed by atoms with E-state index < -0.39 is 15.2 Å². The molecular weight excluding hydrogens is 393 g/mol. The number of benzene rings is 2. The second kappa shape index (κ2) is 8.12. The lowest BCUT2D eigenvalue weighted by molar-refractivity contribution is 0.0640. The molecule has 0 aliphatic heterocycles. The van der Waals surface area contributed by atoms with Gasteiger partial charge >= 0.3 is 12.1 Å². The maximum atomic E-state index is 12.4. The van der Waals surface area contributed by atoms with Crippen LogP contribution in [-0.2, 0) is 4.74 Å². The van der Waals surface area contributed by atoms with Crippen molar-refractivity contribution in [3.63, 3.8) is 0 Å². The van der Waals surface area contributed by atoms with Crippen molar-refractivity contribution >= 4 is 64.5 Å². The number of alkyl halides is 3. The van der Waals surface area contributed by atoms with Gasteiger partial charge in [0.05, 0.1) is 11.3 Å². The number of halogens is 3. The summed E-state index contributed by atoms with van der Waals surface area (Å²) in [6, 6.07) is 15.1. The normalized spacial score (nSPS) is 11.0. The number of ether oxygens (including phenoxy) is 1. The van der Waals surface area contributed by atoms with Crippen LogP contribution in [-0.4, -0.2) is 15.2 Å². The van der Waals surface area contributed by atoms with Gasteiger partial charge in [-0.1, -0.05) is 71.2 Å². The number of esters is 1. The van der Waals surface area contributed by atoms with Gasteiger partial charge in [-0.05, 0) is 30.7 Å². The molecule has 2 aromatic rings. The molecule has 8 heteroatoms. The number of nitrogens with zero attached hydrogens (tertiary/aromatic N) is 1. The van der Waals surface area contributed by atoms with Crippen LogP contribution >= 0.6 is 46.8 Å². The standard InChI is InChI=1S/C16H12Cl3NO3S/c1-11-7-5-6-10-13(11)20(24-16(17,18)19)15(22)23-14(21)12-8-3-2-4-9-12/h2-10H,1H3. The van der Waals surface area contributed by atoms with E-state index in [9.17, 15) is 9.59 Å². The van der Waals surface area contributed by atoms with Crippen molar-refractivity contribution in [2.45, 2.75) is 10.0 Å². The fraction of sp³-hybridized carbons (Fsp3) is 0.125. The number of hydrogen-bond donors (Lipinski definition) is 0. The summed E-state index contributed by atoms with van der Waals surface area (Å²) in [5.41, 5.74) is 1.46. The zero-order valence-corrected chi connectivity index (χ0v) is 15.5. The molecule has 0 spiro atoms. The van der Waals surface area contributed by atoms with E-state index in [-0.39, 0.29) is 5.56 Å². The summed E-state index contributed by atoms with van der Waals surface area (Å²) in [5, 5.41) is 0. The molecular formula is C16H12Cl3NO3S. The van der Waals surface area contributed by atoms with Crippen molar-refractivity contribution in [3.8, 4) is 0 Å². The fourth-order valence-corrected chi connectivity index (χ4v) is 3.08. The molecule has 1 amide bonds. The molecule has 0 N–H and O–H groups in total. The monoisotopic (exact) mass is 403 g/mol. The smallest absolute Gasteiger partial charge is 0.371 e. The molecule has 0 aliphatic rings. The van der Waals surface area contributed by atoms with Crippen LogP contribution in [0.15, 0.2) is 54.6 Å². The number of amides is 1. The Bertz CT molecular complexity index is 735. The van der Waals surface area contributed by atoms with Crippen molar-refractivity contribution in [1.29, 1.82) is 0 Å². The third kappa shape index (κ3) is 5.31. The van der Waals surface area contributed by atoms with E-state index >= 15 is 0 Å². The van der Waals surface area contributed by atoms with Gasteiger partial charge in [-0.3, -0.25) is 0 Å². The van der Waals surface area contributed by atoms with E-state index in [1.54, 1.807) is 49.4 Å². The first kappa shape index (κ1) is 18.9. The van der Waals surface area contributed by atoms with Gasteiger partial charge in [0.2, 0.25) is 0 Å². The fourth-order valence-electron chi connectivity index (χ4n) is 1.83. The molecule has 0 aliphatic carbocycles. The minimum Gasteiger partial charge on any atom is -0.371 e. The number of para-hydroxylation sites is 1. The highest BCUT2D eigenvalue weighted by molar-refractivity contribution is 8.06. The molecule has 0 atom stereocenters. The van der Waals surface area contributed by atoms with Gasteiger partial charge < -0.3 is 4.74 Å². The molecule has 2 rings (SSSR count). The van der Waals surface area contributed by atoms with Crippen LogP contribution in [0.5, 0.6) is 0 Å². The van der Waals surface area contributed by atoms with Gasteiger partial charge in [-0.2, -0.15) is 0 Å². The molecule has 0 saturated carbocycles. The third-order valence-corrected chi connectivity index (χ3v) is 4.24. The zero-order valence-electron chi connectivity index (χ0n) is 12.4. The van der Waals surface area contributed by atoms with Crippen LogP contribution < -0.4 is 4.31 Å². The average Bonchev–Trinajstić information content (AvgIpc) is 2.53. The van der Waals surface area contributed by atoms with Gasteiger partial charge in [0.1, 0.15) is 0 Å². The summed E-state index contributed by atoms with van der Waals surface area (Å²) in [6.07, 6.45) is -0.950. The topological polar surface area (TPSA) is 46.6 Å². The lowest BCUT2D eigenvalue weighted by Crippen LogP contribution is -2.30. The summed E-state index contributed by atoms with van der Waals surface area (Å²) in [7, 11) is 0. The van der Waals surface area contributed by atoms with E-state index in [2.05, 4.69) is 0 Å². The van der Waals surface area contributed by atoms with Crippen LogP contribution in [0.3, 0.4) is 0 Å². The van der Waals surface area contributed by atoms with Gasteiger partial charge in [-0.25, -0.2) is 13.9 Å². The minimum absolute atomic E-state index is 0.245. The third-order valence-electron chi connectivity index (χ3n) is 2.88. The largest absolute Gasteiger partial charge is 0.432 e. The minimum atomic E-state index is -1.81. The Morgan fingerprint density at radius 3 is 2.17 bits per heavy atom. The van der Waals surface area contributed by atoms with Gasteiger partial charge in [0.15, 0.2) is 0 Å². The summed E-state index contributed by atoms with van der Waals surface area (Å²) < 4.78 is 4.14. The number of aryl methyl sites for hydroxylation is 1. The number of rotatable bonds is 3. The molecule has 0 heterocycles. The Balaban J connectivity index is 2.25. The van der Waals surface area contributed by atoms with E-state index in [0.29, 0.717) is 17.6 Å². The molecule has 0 radical (unpaired) electrons. The summed E-state index contributed by atoms with van der Waals surface area (Å²) >= 11 is 18.0. The second-order valence-corrected chi connectivity index (χ2v) is 8.75. The van der Waals surface area contributed by atoms with Crippen LogP contribution in [0.4, 0.5) is 10.5 Å². The van der Waals surface area contributed by atoms with Gasteiger partial charge in [0, 0.05) is 11.9 Å². The quantitative estimate of drug-likeness (QED) is 0.283. The summed E-state index contributed by atoms with van der Waals surface area (Å²) in [5.74, 6) is -0.788. The predicted molar refractivity (Wildman–Crippen MR) is 98.8 cm³/mol. The zero-order chi connectivity index (χ0) is 17.7. The van der Waals surface area contributed by atoms with Crippen molar-refractivity contribution < 1.29 is 14.3 Å². The SMILES string of the molecule is Cc1ccccc1N(SC(Cl)(Cl)Cl)C(=O)OC(=O)c1ccccc1.